The number of hydrogen-bond acceptors (Lipinski definition) is 4. The number of amides is 1. The molecule has 1 N–H and O–H groups in total. The van der Waals surface area contributed by atoms with Crippen LogP contribution < -0.4 is 4.74 Å². The molecule has 1 aromatic heterocycles. The second-order valence-corrected chi connectivity index (χ2v) is 5.90. The van der Waals surface area contributed by atoms with Gasteiger partial charge in [-0.1, -0.05) is 6.92 Å². The molecule has 1 amide bonds. The monoisotopic (exact) mass is 312 g/mol. The number of carbonyl (C=O) groups excluding carboxylic acids is 1. The molecule has 0 bridgehead atoms. The predicted octanol–water partition coefficient (Wildman–Crippen LogP) is 2.72. The van der Waals surface area contributed by atoms with Crippen molar-refractivity contribution < 1.29 is 14.6 Å². The number of aliphatic hydroxyl groups is 1. The lowest BCUT2D eigenvalue weighted by Gasteiger charge is -2.34. The van der Waals surface area contributed by atoms with E-state index in [9.17, 15) is 9.90 Å². The molecule has 0 spiro atoms. The predicted molar refractivity (Wildman–Crippen MR) is 86.4 cm³/mol. The Morgan fingerprint density at radius 2 is 2.04 bits per heavy atom. The second kappa shape index (κ2) is 6.79. The number of aromatic nitrogens is 1. The average Bonchev–Trinajstić information content (AvgIpc) is 2.58. The van der Waals surface area contributed by atoms with Gasteiger partial charge in [0.15, 0.2) is 0 Å². The van der Waals surface area contributed by atoms with Gasteiger partial charge in [-0.25, -0.2) is 0 Å². The molecule has 0 saturated carbocycles. The summed E-state index contributed by atoms with van der Waals surface area (Å²) in [5.41, 5.74) is 0.602. The lowest BCUT2D eigenvalue weighted by Crippen LogP contribution is -2.45. The number of rotatable bonds is 3. The van der Waals surface area contributed by atoms with Crippen LogP contribution in [0.25, 0.3) is 0 Å². The first-order valence-electron chi connectivity index (χ1n) is 7.79. The molecule has 1 fully saturated rings. The Morgan fingerprint density at radius 3 is 2.70 bits per heavy atom. The molecule has 0 aliphatic carbocycles. The number of hydrogen-bond donors (Lipinski definition) is 1. The van der Waals surface area contributed by atoms with E-state index in [1.807, 2.05) is 13.0 Å². The highest BCUT2D eigenvalue weighted by Crippen LogP contribution is 2.22. The number of ether oxygens (including phenoxy) is 1. The van der Waals surface area contributed by atoms with Crippen LogP contribution in [0.2, 0.25) is 0 Å². The Bertz CT molecular complexity index is 658. The standard InChI is InChI=1S/C18H20N2O3/c1-13-8-10-20(12-17(13)21)18(22)14-4-6-15(7-5-14)23-16-3-2-9-19-11-16/h2-7,9,11,13,17,21H,8,10,12H2,1H3. The minimum atomic E-state index is -0.444. The van der Waals surface area contributed by atoms with Crippen LogP contribution in [0.3, 0.4) is 0 Å². The zero-order valence-corrected chi connectivity index (χ0v) is 13.1. The summed E-state index contributed by atoms with van der Waals surface area (Å²) >= 11 is 0. The summed E-state index contributed by atoms with van der Waals surface area (Å²) in [6, 6.07) is 10.7. The van der Waals surface area contributed by atoms with Gasteiger partial charge >= 0.3 is 0 Å². The van der Waals surface area contributed by atoms with Gasteiger partial charge in [0, 0.05) is 24.8 Å². The number of aliphatic hydroxyl groups excluding tert-OH is 1. The van der Waals surface area contributed by atoms with E-state index in [0.29, 0.717) is 30.2 Å². The lowest BCUT2D eigenvalue weighted by molar-refractivity contribution is 0.0248. The molecule has 23 heavy (non-hydrogen) atoms. The maximum atomic E-state index is 12.5. The molecular weight excluding hydrogens is 292 g/mol. The van der Waals surface area contributed by atoms with Crippen molar-refractivity contribution in [3.05, 3.63) is 54.4 Å². The van der Waals surface area contributed by atoms with Crippen molar-refractivity contribution in [3.8, 4) is 11.5 Å². The van der Waals surface area contributed by atoms with E-state index >= 15 is 0 Å². The van der Waals surface area contributed by atoms with E-state index in [4.69, 9.17) is 4.74 Å². The fraction of sp³-hybridized carbons (Fsp3) is 0.333. The van der Waals surface area contributed by atoms with E-state index < -0.39 is 6.10 Å². The molecule has 120 valence electrons. The van der Waals surface area contributed by atoms with Crippen LogP contribution in [-0.4, -0.2) is 40.1 Å². The number of benzene rings is 1. The van der Waals surface area contributed by atoms with Crippen LogP contribution in [-0.2, 0) is 0 Å². The van der Waals surface area contributed by atoms with Gasteiger partial charge in [0.1, 0.15) is 11.5 Å². The minimum Gasteiger partial charge on any atom is -0.456 e. The molecule has 1 aliphatic heterocycles. The van der Waals surface area contributed by atoms with Crippen molar-refractivity contribution >= 4 is 5.91 Å². The summed E-state index contributed by atoms with van der Waals surface area (Å²) in [6.45, 7) is 3.09. The zero-order chi connectivity index (χ0) is 16.2. The first-order chi connectivity index (χ1) is 11.1. The summed E-state index contributed by atoms with van der Waals surface area (Å²) in [5, 5.41) is 9.93. The Hall–Kier alpha value is -2.40. The lowest BCUT2D eigenvalue weighted by atomic mass is 9.95. The highest BCUT2D eigenvalue weighted by atomic mass is 16.5. The van der Waals surface area contributed by atoms with Crippen molar-refractivity contribution in [2.45, 2.75) is 19.4 Å². The first-order valence-corrected chi connectivity index (χ1v) is 7.79. The van der Waals surface area contributed by atoms with E-state index in [0.717, 1.165) is 6.42 Å². The van der Waals surface area contributed by atoms with Crippen molar-refractivity contribution in [1.29, 1.82) is 0 Å². The third-order valence-electron chi connectivity index (χ3n) is 4.18. The highest BCUT2D eigenvalue weighted by Gasteiger charge is 2.27. The summed E-state index contributed by atoms with van der Waals surface area (Å²) in [6.07, 6.45) is 3.70. The van der Waals surface area contributed by atoms with Crippen LogP contribution in [0.5, 0.6) is 11.5 Å². The Labute approximate surface area is 135 Å². The Morgan fingerprint density at radius 1 is 1.26 bits per heavy atom. The van der Waals surface area contributed by atoms with E-state index in [2.05, 4.69) is 4.98 Å². The summed E-state index contributed by atoms with van der Waals surface area (Å²) < 4.78 is 5.66. The van der Waals surface area contributed by atoms with Crippen LogP contribution in [0.15, 0.2) is 48.8 Å². The third kappa shape index (κ3) is 3.68. The van der Waals surface area contributed by atoms with Gasteiger partial charge in [-0.2, -0.15) is 0 Å². The summed E-state index contributed by atoms with van der Waals surface area (Å²) in [7, 11) is 0. The Kier molecular flexibility index (Phi) is 4.57. The Balaban J connectivity index is 1.66. The zero-order valence-electron chi connectivity index (χ0n) is 13.1. The number of carbonyl (C=O) groups is 1. The maximum absolute atomic E-state index is 12.5. The third-order valence-corrected chi connectivity index (χ3v) is 4.18. The molecule has 2 aromatic rings. The van der Waals surface area contributed by atoms with E-state index in [1.165, 1.54) is 0 Å². The molecule has 3 rings (SSSR count). The van der Waals surface area contributed by atoms with Gasteiger partial charge in [-0.05, 0) is 48.7 Å². The molecule has 2 heterocycles. The van der Waals surface area contributed by atoms with Crippen molar-refractivity contribution in [2.24, 2.45) is 5.92 Å². The maximum Gasteiger partial charge on any atom is 0.253 e. The molecule has 1 aromatic carbocycles. The number of likely N-dealkylation sites (tertiary alicyclic amines) is 1. The largest absolute Gasteiger partial charge is 0.456 e. The van der Waals surface area contributed by atoms with Crippen LogP contribution in [0, 0.1) is 5.92 Å². The van der Waals surface area contributed by atoms with Crippen LogP contribution in [0.4, 0.5) is 0 Å². The summed E-state index contributed by atoms with van der Waals surface area (Å²) in [5.74, 6) is 1.50. The van der Waals surface area contributed by atoms with Gasteiger partial charge in [0.05, 0.1) is 12.3 Å². The molecule has 2 atom stereocenters. The fourth-order valence-corrected chi connectivity index (χ4v) is 2.63. The number of nitrogens with zero attached hydrogens (tertiary/aromatic N) is 2. The number of pyridine rings is 1. The van der Waals surface area contributed by atoms with E-state index in [-0.39, 0.29) is 11.8 Å². The van der Waals surface area contributed by atoms with Crippen molar-refractivity contribution in [3.63, 3.8) is 0 Å². The molecule has 5 nitrogen and oxygen atoms in total. The average molecular weight is 312 g/mol. The molecule has 1 aliphatic rings. The molecular formula is C18H20N2O3. The van der Waals surface area contributed by atoms with Gasteiger partial charge in [-0.3, -0.25) is 9.78 Å². The van der Waals surface area contributed by atoms with Gasteiger partial charge in [0.2, 0.25) is 0 Å². The van der Waals surface area contributed by atoms with Crippen molar-refractivity contribution in [2.75, 3.05) is 13.1 Å². The fourth-order valence-electron chi connectivity index (χ4n) is 2.63. The first kappa shape index (κ1) is 15.5. The topological polar surface area (TPSA) is 62.7 Å². The van der Waals surface area contributed by atoms with Crippen LogP contribution >= 0.6 is 0 Å². The number of piperidine rings is 1. The quantitative estimate of drug-likeness (QED) is 0.946. The van der Waals surface area contributed by atoms with Crippen molar-refractivity contribution in [1.82, 2.24) is 9.88 Å². The van der Waals surface area contributed by atoms with E-state index in [1.54, 1.807) is 47.6 Å². The van der Waals surface area contributed by atoms with Gasteiger partial charge in [-0.15, -0.1) is 0 Å². The second-order valence-electron chi connectivity index (χ2n) is 5.90. The number of β-amino-alcohol motifs (C(OH)–C–C–N with tert-alkyl or cyclic N) is 1. The molecule has 2 unspecified atom stereocenters. The SMILES string of the molecule is CC1CCN(C(=O)c2ccc(Oc3cccnc3)cc2)CC1O. The van der Waals surface area contributed by atoms with Gasteiger partial charge < -0.3 is 14.7 Å². The normalized spacial score (nSPS) is 21.0. The van der Waals surface area contributed by atoms with Gasteiger partial charge in [0.25, 0.3) is 5.91 Å². The molecule has 1 saturated heterocycles. The smallest absolute Gasteiger partial charge is 0.253 e. The highest BCUT2D eigenvalue weighted by molar-refractivity contribution is 5.94. The molecule has 5 heteroatoms. The van der Waals surface area contributed by atoms with Crippen LogP contribution in [0.1, 0.15) is 23.7 Å². The minimum absolute atomic E-state index is 0.0520. The summed E-state index contributed by atoms with van der Waals surface area (Å²) in [4.78, 5) is 18.2. The molecule has 0 radical (unpaired) electrons.